The van der Waals surface area contributed by atoms with Gasteiger partial charge in [0.2, 0.25) is 0 Å². The first-order valence-corrected chi connectivity index (χ1v) is 8.33. The number of amides is 2. The summed E-state index contributed by atoms with van der Waals surface area (Å²) in [5.74, 6) is -0.883. The molecule has 7 heteroatoms. The second-order valence-electron chi connectivity index (χ2n) is 5.20. The number of nitrogens with zero attached hydrogens (tertiary/aromatic N) is 1. The summed E-state index contributed by atoms with van der Waals surface area (Å²) in [4.78, 5) is 23.7. The van der Waals surface area contributed by atoms with E-state index in [1.807, 2.05) is 30.3 Å². The number of hydrazone groups is 1. The molecule has 0 saturated heterocycles. The molecule has 0 unspecified atom stereocenters. The van der Waals surface area contributed by atoms with Crippen molar-refractivity contribution in [2.24, 2.45) is 5.10 Å². The predicted octanol–water partition coefficient (Wildman–Crippen LogP) is 2.79. The Labute approximate surface area is 154 Å². The summed E-state index contributed by atoms with van der Waals surface area (Å²) < 4.78 is 5.90. The van der Waals surface area contributed by atoms with Crippen LogP contribution >= 0.6 is 15.9 Å². The van der Waals surface area contributed by atoms with Gasteiger partial charge in [-0.05, 0) is 52.2 Å². The van der Waals surface area contributed by atoms with Gasteiger partial charge in [-0.25, -0.2) is 5.43 Å². The van der Waals surface area contributed by atoms with Crippen molar-refractivity contribution < 1.29 is 14.3 Å². The maximum atomic E-state index is 11.9. The van der Waals surface area contributed by atoms with Crippen molar-refractivity contribution in [3.05, 3.63) is 64.1 Å². The van der Waals surface area contributed by atoms with Gasteiger partial charge in [-0.2, -0.15) is 5.10 Å². The summed E-state index contributed by atoms with van der Waals surface area (Å²) in [5, 5.41) is 6.41. The number of hydrogen-bond acceptors (Lipinski definition) is 4. The summed E-state index contributed by atoms with van der Waals surface area (Å²) in [7, 11) is 1.57. The summed E-state index contributed by atoms with van der Waals surface area (Å²) in [6.45, 7) is 1.80. The third-order valence-corrected chi connectivity index (χ3v) is 4.03. The number of rotatable bonds is 5. The summed E-state index contributed by atoms with van der Waals surface area (Å²) in [6, 6.07) is 14.4. The van der Waals surface area contributed by atoms with Crippen LogP contribution in [0.25, 0.3) is 0 Å². The van der Waals surface area contributed by atoms with Gasteiger partial charge in [-0.3, -0.25) is 9.59 Å². The number of benzene rings is 2. The second-order valence-corrected chi connectivity index (χ2v) is 6.05. The maximum Gasteiger partial charge on any atom is 0.329 e. The molecule has 2 aromatic carbocycles. The van der Waals surface area contributed by atoms with E-state index in [1.54, 1.807) is 32.2 Å². The Hall–Kier alpha value is -2.67. The highest BCUT2D eigenvalue weighted by molar-refractivity contribution is 9.10. The molecule has 0 aliphatic heterocycles. The van der Waals surface area contributed by atoms with Crippen LogP contribution in [0.2, 0.25) is 0 Å². The van der Waals surface area contributed by atoms with Crippen LogP contribution in [0.15, 0.2) is 58.1 Å². The molecule has 0 aliphatic rings. The van der Waals surface area contributed by atoms with Crippen molar-refractivity contribution in [1.29, 1.82) is 0 Å². The topological polar surface area (TPSA) is 79.8 Å². The van der Waals surface area contributed by atoms with Gasteiger partial charge in [0.1, 0.15) is 5.75 Å². The van der Waals surface area contributed by atoms with Crippen molar-refractivity contribution in [2.45, 2.75) is 13.0 Å². The standard InChI is InChI=1S/C18H18BrN3O3/c1-12(14-6-4-3-5-7-14)21-17(23)18(24)22-20-11-13-8-9-16(25-2)15(19)10-13/h3-12H,1-2H3,(H,21,23)(H,22,24)/b20-11-/t12-/m1/s1. The van der Waals surface area contributed by atoms with Crippen LogP contribution in [-0.4, -0.2) is 25.1 Å². The molecule has 0 saturated carbocycles. The monoisotopic (exact) mass is 403 g/mol. The van der Waals surface area contributed by atoms with Gasteiger partial charge in [0.05, 0.1) is 23.8 Å². The molecule has 0 aliphatic carbocycles. The first-order chi connectivity index (χ1) is 12.0. The van der Waals surface area contributed by atoms with Crippen LogP contribution < -0.4 is 15.5 Å². The molecule has 2 rings (SSSR count). The number of ether oxygens (including phenoxy) is 1. The fourth-order valence-electron chi connectivity index (χ4n) is 2.07. The number of nitrogens with one attached hydrogen (secondary N) is 2. The second kappa shape index (κ2) is 8.98. The molecule has 0 heterocycles. The molecule has 0 aromatic heterocycles. The molecule has 2 amide bonds. The molecule has 6 nitrogen and oxygen atoms in total. The van der Waals surface area contributed by atoms with Gasteiger partial charge in [0.25, 0.3) is 0 Å². The minimum atomic E-state index is -0.827. The fraction of sp³-hybridized carbons (Fsp3) is 0.167. The third kappa shape index (κ3) is 5.42. The molecule has 130 valence electrons. The number of hydrogen-bond donors (Lipinski definition) is 2. The van der Waals surface area contributed by atoms with Crippen LogP contribution in [0.3, 0.4) is 0 Å². The average molecular weight is 404 g/mol. The highest BCUT2D eigenvalue weighted by Crippen LogP contribution is 2.24. The lowest BCUT2D eigenvalue weighted by molar-refractivity contribution is -0.139. The van der Waals surface area contributed by atoms with E-state index in [1.165, 1.54) is 6.21 Å². The molecular formula is C18H18BrN3O3. The molecule has 0 fully saturated rings. The van der Waals surface area contributed by atoms with Gasteiger partial charge in [0.15, 0.2) is 0 Å². The first-order valence-electron chi connectivity index (χ1n) is 7.53. The summed E-state index contributed by atoms with van der Waals surface area (Å²) in [6.07, 6.45) is 1.44. The lowest BCUT2D eigenvalue weighted by Gasteiger charge is -2.13. The van der Waals surface area contributed by atoms with Crippen molar-refractivity contribution in [1.82, 2.24) is 10.7 Å². The minimum Gasteiger partial charge on any atom is -0.496 e. The van der Waals surface area contributed by atoms with E-state index in [2.05, 4.69) is 31.8 Å². The van der Waals surface area contributed by atoms with Crippen LogP contribution in [0.1, 0.15) is 24.1 Å². The molecule has 1 atom stereocenters. The third-order valence-electron chi connectivity index (χ3n) is 3.41. The van der Waals surface area contributed by atoms with Crippen LogP contribution in [0.5, 0.6) is 5.75 Å². The fourth-order valence-corrected chi connectivity index (χ4v) is 2.62. The lowest BCUT2D eigenvalue weighted by atomic mass is 10.1. The highest BCUT2D eigenvalue weighted by Gasteiger charge is 2.16. The Kier molecular flexibility index (Phi) is 6.71. The van der Waals surface area contributed by atoms with Gasteiger partial charge in [-0.1, -0.05) is 30.3 Å². The Morgan fingerprint density at radius 2 is 1.88 bits per heavy atom. The molecule has 2 N–H and O–H groups in total. The van der Waals surface area contributed by atoms with E-state index < -0.39 is 11.8 Å². The van der Waals surface area contributed by atoms with Crippen molar-refractivity contribution in [3.8, 4) is 5.75 Å². The van der Waals surface area contributed by atoms with Crippen molar-refractivity contribution in [3.63, 3.8) is 0 Å². The lowest BCUT2D eigenvalue weighted by Crippen LogP contribution is -2.39. The molecular weight excluding hydrogens is 386 g/mol. The van der Waals surface area contributed by atoms with E-state index >= 15 is 0 Å². The van der Waals surface area contributed by atoms with Gasteiger partial charge < -0.3 is 10.1 Å². The molecule has 0 bridgehead atoms. The normalized spacial score (nSPS) is 11.8. The molecule has 0 radical (unpaired) electrons. The number of carbonyl (C=O) groups is 2. The zero-order valence-electron chi connectivity index (χ0n) is 13.8. The van der Waals surface area contributed by atoms with Gasteiger partial charge in [0, 0.05) is 0 Å². The first kappa shape index (κ1) is 18.7. The van der Waals surface area contributed by atoms with Gasteiger partial charge in [-0.15, -0.1) is 0 Å². The molecule has 0 spiro atoms. The zero-order chi connectivity index (χ0) is 18.2. The van der Waals surface area contributed by atoms with E-state index in [0.29, 0.717) is 5.75 Å². The highest BCUT2D eigenvalue weighted by atomic mass is 79.9. The number of methoxy groups -OCH3 is 1. The smallest absolute Gasteiger partial charge is 0.329 e. The molecule has 25 heavy (non-hydrogen) atoms. The van der Waals surface area contributed by atoms with Crippen molar-refractivity contribution >= 4 is 34.0 Å². The van der Waals surface area contributed by atoms with E-state index in [4.69, 9.17) is 4.74 Å². The largest absolute Gasteiger partial charge is 0.496 e. The van der Waals surface area contributed by atoms with Crippen LogP contribution in [0.4, 0.5) is 0 Å². The average Bonchev–Trinajstić information content (AvgIpc) is 2.62. The van der Waals surface area contributed by atoms with Crippen LogP contribution in [0, 0.1) is 0 Å². The SMILES string of the molecule is COc1ccc(/C=N\NC(=O)C(=O)N[C@H](C)c2ccccc2)cc1Br. The minimum absolute atomic E-state index is 0.277. The Balaban J connectivity index is 1.89. The quantitative estimate of drug-likeness (QED) is 0.457. The maximum absolute atomic E-state index is 11.9. The van der Waals surface area contributed by atoms with E-state index in [0.717, 1.165) is 15.6 Å². The zero-order valence-corrected chi connectivity index (χ0v) is 15.4. The number of halogens is 1. The van der Waals surface area contributed by atoms with E-state index in [9.17, 15) is 9.59 Å². The summed E-state index contributed by atoms with van der Waals surface area (Å²) >= 11 is 3.36. The predicted molar refractivity (Wildman–Crippen MR) is 99.4 cm³/mol. The Morgan fingerprint density at radius 1 is 1.16 bits per heavy atom. The number of carbonyl (C=O) groups excluding carboxylic acids is 2. The van der Waals surface area contributed by atoms with Crippen molar-refractivity contribution in [2.75, 3.05) is 7.11 Å². The molecule has 2 aromatic rings. The van der Waals surface area contributed by atoms with E-state index in [-0.39, 0.29) is 6.04 Å². The Bertz CT molecular complexity index is 778. The van der Waals surface area contributed by atoms with Gasteiger partial charge >= 0.3 is 11.8 Å². The van der Waals surface area contributed by atoms with Crippen LogP contribution in [-0.2, 0) is 9.59 Å². The summed E-state index contributed by atoms with van der Waals surface area (Å²) in [5.41, 5.74) is 3.86. The Morgan fingerprint density at radius 3 is 2.52 bits per heavy atom.